The lowest BCUT2D eigenvalue weighted by molar-refractivity contribution is -0.148. The first-order chi connectivity index (χ1) is 16.0. The van der Waals surface area contributed by atoms with Gasteiger partial charge in [0.15, 0.2) is 6.61 Å². The molecule has 9 nitrogen and oxygen atoms in total. The standard InChI is InChI=1S/C23H19N3O6S/c27-18(24-25-21(29)17-9-4-12-33-17)13-32-19(28)10-3-11-26-22(30)15-7-1-5-14-6-2-8-16(20(14)15)23(26)31/h1-2,4-9,12H,3,10-11,13H2,(H,24,27)(H,25,29). The number of rotatable bonds is 7. The predicted octanol–water partition coefficient (Wildman–Crippen LogP) is 2.28. The van der Waals surface area contributed by atoms with E-state index < -0.39 is 36.2 Å². The maximum absolute atomic E-state index is 12.8. The summed E-state index contributed by atoms with van der Waals surface area (Å²) in [5, 5.41) is 3.19. The molecule has 1 aromatic heterocycles. The summed E-state index contributed by atoms with van der Waals surface area (Å²) in [6, 6.07) is 13.9. The minimum atomic E-state index is -0.695. The van der Waals surface area contributed by atoms with Crippen LogP contribution in [-0.2, 0) is 14.3 Å². The topological polar surface area (TPSA) is 122 Å². The molecule has 0 bridgehead atoms. The first-order valence-electron chi connectivity index (χ1n) is 10.1. The molecule has 0 unspecified atom stereocenters. The molecule has 0 atom stereocenters. The van der Waals surface area contributed by atoms with E-state index in [0.717, 1.165) is 10.3 Å². The molecule has 0 radical (unpaired) electrons. The monoisotopic (exact) mass is 465 g/mol. The van der Waals surface area contributed by atoms with Crippen LogP contribution in [0.5, 0.6) is 0 Å². The number of benzene rings is 2. The van der Waals surface area contributed by atoms with E-state index in [2.05, 4.69) is 10.9 Å². The zero-order valence-electron chi connectivity index (χ0n) is 17.3. The molecular weight excluding hydrogens is 446 g/mol. The smallest absolute Gasteiger partial charge is 0.306 e. The van der Waals surface area contributed by atoms with Crippen LogP contribution in [0.4, 0.5) is 0 Å². The number of esters is 1. The largest absolute Gasteiger partial charge is 0.455 e. The van der Waals surface area contributed by atoms with E-state index in [9.17, 15) is 24.0 Å². The third kappa shape index (κ3) is 4.75. The van der Waals surface area contributed by atoms with Crippen molar-refractivity contribution >= 4 is 51.7 Å². The second-order valence-corrected chi connectivity index (χ2v) is 8.16. The molecule has 168 valence electrons. The number of hydrogen-bond donors (Lipinski definition) is 2. The Kier molecular flexibility index (Phi) is 6.45. The molecule has 1 aliphatic rings. The summed E-state index contributed by atoms with van der Waals surface area (Å²) in [4.78, 5) is 62.6. The van der Waals surface area contributed by atoms with Crippen LogP contribution in [0.1, 0.15) is 43.2 Å². The average Bonchev–Trinajstić information content (AvgIpc) is 3.37. The highest BCUT2D eigenvalue weighted by Crippen LogP contribution is 2.30. The Morgan fingerprint density at radius 3 is 2.24 bits per heavy atom. The van der Waals surface area contributed by atoms with E-state index >= 15 is 0 Å². The minimum Gasteiger partial charge on any atom is -0.455 e. The summed E-state index contributed by atoms with van der Waals surface area (Å²) in [7, 11) is 0. The molecule has 1 aliphatic heterocycles. The lowest BCUT2D eigenvalue weighted by Gasteiger charge is -2.27. The zero-order chi connectivity index (χ0) is 23.4. The average molecular weight is 465 g/mol. The van der Waals surface area contributed by atoms with Gasteiger partial charge in [0.25, 0.3) is 23.6 Å². The summed E-state index contributed by atoms with van der Waals surface area (Å²) in [6.07, 6.45) is 0.100. The van der Waals surface area contributed by atoms with Crippen LogP contribution in [0, 0.1) is 0 Å². The first kappa shape index (κ1) is 22.2. The molecule has 2 aromatic carbocycles. The van der Waals surface area contributed by atoms with E-state index in [0.29, 0.717) is 21.4 Å². The van der Waals surface area contributed by atoms with Crippen molar-refractivity contribution < 1.29 is 28.7 Å². The molecule has 4 rings (SSSR count). The fraction of sp³-hybridized carbons (Fsp3) is 0.174. The molecule has 0 fully saturated rings. The Morgan fingerprint density at radius 1 is 0.909 bits per heavy atom. The maximum atomic E-state index is 12.8. The van der Waals surface area contributed by atoms with Gasteiger partial charge in [-0.3, -0.25) is 39.7 Å². The number of thiophene rings is 1. The second kappa shape index (κ2) is 9.61. The fourth-order valence-corrected chi connectivity index (χ4v) is 4.13. The molecular formula is C23H19N3O6S. The highest BCUT2D eigenvalue weighted by Gasteiger charge is 2.32. The minimum absolute atomic E-state index is 0.0422. The molecule has 0 saturated carbocycles. The lowest BCUT2D eigenvalue weighted by atomic mass is 9.94. The highest BCUT2D eigenvalue weighted by molar-refractivity contribution is 7.12. The van der Waals surface area contributed by atoms with Crippen molar-refractivity contribution in [3.63, 3.8) is 0 Å². The van der Waals surface area contributed by atoms with Crippen LogP contribution in [-0.4, -0.2) is 47.6 Å². The third-order valence-electron chi connectivity index (χ3n) is 5.04. The number of carbonyl (C=O) groups is 5. The van der Waals surface area contributed by atoms with Crippen LogP contribution >= 0.6 is 11.3 Å². The number of ether oxygens (including phenoxy) is 1. The van der Waals surface area contributed by atoms with Crippen molar-refractivity contribution in [1.29, 1.82) is 0 Å². The van der Waals surface area contributed by atoms with Gasteiger partial charge in [-0.15, -0.1) is 11.3 Å². The summed E-state index contributed by atoms with van der Waals surface area (Å²) in [5.41, 5.74) is 5.28. The normalized spacial score (nSPS) is 12.5. The Bertz CT molecular complexity index is 1200. The molecule has 3 aromatic rings. The molecule has 0 saturated heterocycles. The van der Waals surface area contributed by atoms with Gasteiger partial charge in [-0.05, 0) is 35.4 Å². The van der Waals surface area contributed by atoms with Gasteiger partial charge in [-0.25, -0.2) is 0 Å². The van der Waals surface area contributed by atoms with Crippen LogP contribution in [0.15, 0.2) is 53.9 Å². The molecule has 2 heterocycles. The summed E-state index contributed by atoms with van der Waals surface area (Å²) < 4.78 is 4.88. The van der Waals surface area contributed by atoms with Crippen LogP contribution in [0.25, 0.3) is 10.8 Å². The van der Waals surface area contributed by atoms with E-state index in [1.165, 1.54) is 11.3 Å². The van der Waals surface area contributed by atoms with Crippen molar-refractivity contribution in [3.8, 4) is 0 Å². The van der Waals surface area contributed by atoms with Crippen LogP contribution < -0.4 is 10.9 Å². The van der Waals surface area contributed by atoms with Gasteiger partial charge in [-0.2, -0.15) is 0 Å². The number of hydrogen-bond acceptors (Lipinski definition) is 7. The number of amides is 4. The Labute approximate surface area is 192 Å². The Hall–Kier alpha value is -4.05. The van der Waals surface area contributed by atoms with Crippen LogP contribution in [0.3, 0.4) is 0 Å². The van der Waals surface area contributed by atoms with E-state index in [-0.39, 0.29) is 19.4 Å². The second-order valence-electron chi connectivity index (χ2n) is 7.22. The van der Waals surface area contributed by atoms with Gasteiger partial charge < -0.3 is 4.74 Å². The van der Waals surface area contributed by atoms with Gasteiger partial charge >= 0.3 is 5.97 Å². The Morgan fingerprint density at radius 2 is 1.61 bits per heavy atom. The number of hydrazine groups is 1. The first-order valence-corrected chi connectivity index (χ1v) is 11.0. The van der Waals surface area contributed by atoms with E-state index in [4.69, 9.17) is 4.74 Å². The van der Waals surface area contributed by atoms with Crippen molar-refractivity contribution in [2.45, 2.75) is 12.8 Å². The number of imide groups is 1. The summed E-state index contributed by atoms with van der Waals surface area (Å²) >= 11 is 1.22. The van der Waals surface area contributed by atoms with Gasteiger partial charge in [-0.1, -0.05) is 30.3 Å². The Balaban J connectivity index is 1.23. The number of nitrogens with one attached hydrogen (secondary N) is 2. The van der Waals surface area contributed by atoms with Crippen molar-refractivity contribution in [2.75, 3.05) is 13.2 Å². The van der Waals surface area contributed by atoms with Gasteiger partial charge in [0.2, 0.25) is 0 Å². The maximum Gasteiger partial charge on any atom is 0.306 e. The number of carbonyl (C=O) groups excluding carboxylic acids is 5. The summed E-state index contributed by atoms with van der Waals surface area (Å²) in [6.45, 7) is -0.527. The van der Waals surface area contributed by atoms with Gasteiger partial charge in [0, 0.05) is 29.5 Å². The van der Waals surface area contributed by atoms with Crippen molar-refractivity contribution in [1.82, 2.24) is 15.8 Å². The third-order valence-corrected chi connectivity index (χ3v) is 5.91. The molecule has 0 aliphatic carbocycles. The summed E-state index contributed by atoms with van der Waals surface area (Å²) in [5.74, 6) is -2.64. The SMILES string of the molecule is O=C(COC(=O)CCCN1C(=O)c2cccc3cccc(c23)C1=O)NNC(=O)c1cccs1. The van der Waals surface area contributed by atoms with Crippen molar-refractivity contribution in [2.24, 2.45) is 0 Å². The lowest BCUT2D eigenvalue weighted by Crippen LogP contribution is -2.43. The molecule has 33 heavy (non-hydrogen) atoms. The zero-order valence-corrected chi connectivity index (χ0v) is 18.1. The fourth-order valence-electron chi connectivity index (χ4n) is 3.52. The van der Waals surface area contributed by atoms with Crippen LogP contribution in [0.2, 0.25) is 0 Å². The van der Waals surface area contributed by atoms with E-state index in [1.54, 1.807) is 41.8 Å². The highest BCUT2D eigenvalue weighted by atomic mass is 32.1. The number of nitrogens with zero attached hydrogens (tertiary/aromatic N) is 1. The molecule has 2 N–H and O–H groups in total. The molecule has 10 heteroatoms. The quantitative estimate of drug-likeness (QED) is 0.314. The molecule has 4 amide bonds. The predicted molar refractivity (Wildman–Crippen MR) is 119 cm³/mol. The van der Waals surface area contributed by atoms with Gasteiger partial charge in [0.05, 0.1) is 4.88 Å². The molecule has 0 spiro atoms. The van der Waals surface area contributed by atoms with Gasteiger partial charge in [0.1, 0.15) is 0 Å². The van der Waals surface area contributed by atoms with E-state index in [1.807, 2.05) is 12.1 Å². The van der Waals surface area contributed by atoms with Crippen molar-refractivity contribution in [3.05, 3.63) is 69.9 Å².